The summed E-state index contributed by atoms with van der Waals surface area (Å²) in [5.41, 5.74) is 0.818. The summed E-state index contributed by atoms with van der Waals surface area (Å²) < 4.78 is 5.88. The lowest BCUT2D eigenvalue weighted by molar-refractivity contribution is 0.280. The van der Waals surface area contributed by atoms with Gasteiger partial charge in [-0.3, -0.25) is 0 Å². The van der Waals surface area contributed by atoms with E-state index in [1.807, 2.05) is 19.0 Å². The summed E-state index contributed by atoms with van der Waals surface area (Å²) >= 11 is 3.22. The second-order valence-electron chi connectivity index (χ2n) is 2.50. The first-order valence-electron chi connectivity index (χ1n) is 3.45. The molecule has 0 fully saturated rings. The molecule has 0 amide bonds. The number of likely N-dealkylation sites (N-methyl/N-ethyl adjacent to an activating group) is 1. The topological polar surface area (TPSA) is 12.5 Å². The van der Waals surface area contributed by atoms with E-state index >= 15 is 0 Å². The lowest BCUT2D eigenvalue weighted by Gasteiger charge is -2.17. The smallest absolute Gasteiger partial charge is 0.142 e. The molecule has 2 nitrogen and oxygen atoms in total. The Labute approximate surface area is 82.3 Å². The van der Waals surface area contributed by atoms with E-state index in [1.54, 1.807) is 13.2 Å². The molecule has 0 radical (unpaired) electrons. The van der Waals surface area contributed by atoms with Gasteiger partial charge in [-0.1, -0.05) is 29.1 Å². The molecule has 0 aromatic heterocycles. The van der Waals surface area contributed by atoms with Crippen LogP contribution >= 0.6 is 15.9 Å². The SMILES string of the molecule is C=C(Br)/C=C(/OC)C(=C)N(C)C. The summed E-state index contributed by atoms with van der Waals surface area (Å²) in [4.78, 5) is 1.88. The summed E-state index contributed by atoms with van der Waals surface area (Å²) in [7, 11) is 5.43. The van der Waals surface area contributed by atoms with Crippen LogP contribution in [-0.4, -0.2) is 26.1 Å². The van der Waals surface area contributed by atoms with Crippen LogP contribution in [0.4, 0.5) is 0 Å². The lowest BCUT2D eigenvalue weighted by atomic mass is 10.3. The van der Waals surface area contributed by atoms with Gasteiger partial charge in [0.1, 0.15) is 5.76 Å². The Balaban J connectivity index is 4.56. The Kier molecular flexibility index (Phi) is 4.74. The summed E-state index contributed by atoms with van der Waals surface area (Å²) in [6, 6.07) is 0. The molecular formula is C9H14BrNO. The largest absolute Gasteiger partial charge is 0.495 e. The van der Waals surface area contributed by atoms with E-state index in [9.17, 15) is 0 Å². The molecule has 68 valence electrons. The van der Waals surface area contributed by atoms with Gasteiger partial charge in [0, 0.05) is 18.6 Å². The van der Waals surface area contributed by atoms with Crippen molar-refractivity contribution >= 4 is 15.9 Å². The van der Waals surface area contributed by atoms with E-state index < -0.39 is 0 Å². The second kappa shape index (κ2) is 5.04. The first-order chi connectivity index (χ1) is 5.49. The molecule has 0 saturated carbocycles. The zero-order chi connectivity index (χ0) is 9.72. The van der Waals surface area contributed by atoms with Gasteiger partial charge in [0.15, 0.2) is 0 Å². The Morgan fingerprint density at radius 3 is 2.17 bits per heavy atom. The number of methoxy groups -OCH3 is 1. The van der Waals surface area contributed by atoms with Gasteiger partial charge in [-0.15, -0.1) is 0 Å². The van der Waals surface area contributed by atoms with Crippen molar-refractivity contribution in [2.75, 3.05) is 21.2 Å². The fraction of sp³-hybridized carbons (Fsp3) is 0.333. The Morgan fingerprint density at radius 2 is 1.92 bits per heavy atom. The van der Waals surface area contributed by atoms with Crippen LogP contribution in [0.5, 0.6) is 0 Å². The molecule has 0 aliphatic rings. The van der Waals surface area contributed by atoms with E-state index in [-0.39, 0.29) is 0 Å². The number of hydrogen-bond donors (Lipinski definition) is 0. The minimum Gasteiger partial charge on any atom is -0.495 e. The maximum Gasteiger partial charge on any atom is 0.142 e. The van der Waals surface area contributed by atoms with E-state index in [0.29, 0.717) is 5.76 Å². The maximum atomic E-state index is 5.11. The standard InChI is InChI=1S/C9H14BrNO/c1-7(10)6-9(12-5)8(2)11(3)4/h6H,1-2H2,3-5H3/b9-6+. The predicted molar refractivity (Wildman–Crippen MR) is 56.0 cm³/mol. The first-order valence-corrected chi connectivity index (χ1v) is 4.25. The monoisotopic (exact) mass is 231 g/mol. The summed E-state index contributed by atoms with van der Waals surface area (Å²) in [6.45, 7) is 7.53. The molecule has 0 N–H and O–H groups in total. The number of nitrogens with zero attached hydrogens (tertiary/aromatic N) is 1. The van der Waals surface area contributed by atoms with Crippen molar-refractivity contribution < 1.29 is 4.74 Å². The zero-order valence-electron chi connectivity index (χ0n) is 7.72. The fourth-order valence-electron chi connectivity index (χ4n) is 0.623. The summed E-state index contributed by atoms with van der Waals surface area (Å²) in [6.07, 6.45) is 1.78. The normalized spacial score (nSPS) is 10.8. The van der Waals surface area contributed by atoms with Crippen molar-refractivity contribution in [1.82, 2.24) is 4.90 Å². The van der Waals surface area contributed by atoms with Gasteiger partial charge < -0.3 is 9.64 Å². The third kappa shape index (κ3) is 3.62. The van der Waals surface area contributed by atoms with Crippen LogP contribution in [0, 0.1) is 0 Å². The maximum absolute atomic E-state index is 5.11. The molecular weight excluding hydrogens is 218 g/mol. The quantitative estimate of drug-likeness (QED) is 0.545. The Bertz CT molecular complexity index is 219. The minimum absolute atomic E-state index is 0.710. The van der Waals surface area contributed by atoms with Gasteiger partial charge >= 0.3 is 0 Å². The van der Waals surface area contributed by atoms with Crippen LogP contribution in [0.1, 0.15) is 0 Å². The van der Waals surface area contributed by atoms with Crippen molar-refractivity contribution in [2.24, 2.45) is 0 Å². The van der Waals surface area contributed by atoms with Gasteiger partial charge in [0.2, 0.25) is 0 Å². The third-order valence-corrected chi connectivity index (χ3v) is 1.56. The summed E-state index contributed by atoms with van der Waals surface area (Å²) in [5, 5.41) is 0. The van der Waals surface area contributed by atoms with Crippen LogP contribution in [0.3, 0.4) is 0 Å². The average Bonchev–Trinajstić information content (AvgIpc) is 1.98. The number of allylic oxidation sites excluding steroid dienone is 2. The second-order valence-corrected chi connectivity index (χ2v) is 3.52. The van der Waals surface area contributed by atoms with Crippen LogP contribution in [0.15, 0.2) is 35.2 Å². The molecule has 0 aliphatic heterocycles. The van der Waals surface area contributed by atoms with Crippen molar-refractivity contribution in [3.63, 3.8) is 0 Å². The number of ether oxygens (including phenoxy) is 1. The highest BCUT2D eigenvalue weighted by Gasteiger charge is 2.03. The highest BCUT2D eigenvalue weighted by atomic mass is 79.9. The fourth-order valence-corrected chi connectivity index (χ4v) is 0.831. The van der Waals surface area contributed by atoms with Gasteiger partial charge in [0.05, 0.1) is 12.8 Å². The van der Waals surface area contributed by atoms with Crippen LogP contribution < -0.4 is 0 Å². The first kappa shape index (κ1) is 11.3. The molecule has 0 heterocycles. The van der Waals surface area contributed by atoms with Gasteiger partial charge in [-0.25, -0.2) is 0 Å². The van der Waals surface area contributed by atoms with Crippen molar-refractivity contribution in [2.45, 2.75) is 0 Å². The zero-order valence-corrected chi connectivity index (χ0v) is 9.31. The van der Waals surface area contributed by atoms with Crippen LogP contribution in [-0.2, 0) is 4.74 Å². The highest BCUT2D eigenvalue weighted by Crippen LogP contribution is 2.15. The molecule has 3 heteroatoms. The van der Waals surface area contributed by atoms with E-state index in [4.69, 9.17) is 4.74 Å². The molecule has 0 atom stereocenters. The molecule has 0 aliphatic carbocycles. The van der Waals surface area contributed by atoms with Gasteiger partial charge in [-0.05, 0) is 6.08 Å². The van der Waals surface area contributed by atoms with E-state index in [2.05, 4.69) is 29.1 Å². The lowest BCUT2D eigenvalue weighted by Crippen LogP contribution is -2.12. The van der Waals surface area contributed by atoms with Crippen molar-refractivity contribution in [3.05, 3.63) is 35.2 Å². The number of rotatable bonds is 4. The molecule has 0 saturated heterocycles. The highest BCUT2D eigenvalue weighted by molar-refractivity contribution is 9.11. The average molecular weight is 232 g/mol. The summed E-state index contributed by atoms with van der Waals surface area (Å²) in [5.74, 6) is 0.710. The Hall–Kier alpha value is -0.700. The number of halogens is 1. The molecule has 0 rings (SSSR count). The van der Waals surface area contributed by atoms with Crippen molar-refractivity contribution in [1.29, 1.82) is 0 Å². The molecule has 0 unspecified atom stereocenters. The third-order valence-electron chi connectivity index (χ3n) is 1.33. The molecule has 0 spiro atoms. The Morgan fingerprint density at radius 1 is 1.42 bits per heavy atom. The van der Waals surface area contributed by atoms with Crippen LogP contribution in [0.2, 0.25) is 0 Å². The van der Waals surface area contributed by atoms with E-state index in [0.717, 1.165) is 10.2 Å². The van der Waals surface area contributed by atoms with Gasteiger partial charge in [-0.2, -0.15) is 0 Å². The molecule has 0 aromatic rings. The molecule has 0 bridgehead atoms. The predicted octanol–water partition coefficient (Wildman–Crippen LogP) is 2.50. The van der Waals surface area contributed by atoms with E-state index in [1.165, 1.54) is 0 Å². The number of hydrogen-bond acceptors (Lipinski definition) is 2. The minimum atomic E-state index is 0.710. The van der Waals surface area contributed by atoms with Crippen molar-refractivity contribution in [3.8, 4) is 0 Å². The molecule has 12 heavy (non-hydrogen) atoms. The molecule has 0 aromatic carbocycles. The van der Waals surface area contributed by atoms with Gasteiger partial charge in [0.25, 0.3) is 0 Å². The van der Waals surface area contributed by atoms with Crippen LogP contribution in [0.25, 0.3) is 0 Å².